The van der Waals surface area contributed by atoms with Gasteiger partial charge < -0.3 is 39.1 Å². The highest BCUT2D eigenvalue weighted by molar-refractivity contribution is 7.80. The first-order chi connectivity index (χ1) is 13.5. The highest BCUT2D eigenvalue weighted by atomic mass is 32.1. The average Bonchev–Trinajstić information content (AvgIpc) is 3.28. The van der Waals surface area contributed by atoms with E-state index in [0.717, 1.165) is 5.69 Å². The minimum Gasteiger partial charge on any atom is -0.497 e. The zero-order valence-electron chi connectivity index (χ0n) is 15.9. The zero-order valence-corrected chi connectivity index (χ0v) is 16.7. The van der Waals surface area contributed by atoms with E-state index in [2.05, 4.69) is 15.4 Å². The SMILES string of the molecule is COC(=O)CO[C@@H]1CO[C@H]2[C@H]1OC[C@H]2NC(=S)Nc1cc(OC)cc(OC)c1. The maximum Gasteiger partial charge on any atom is 0.331 e. The molecule has 0 saturated carbocycles. The number of ether oxygens (including phenoxy) is 6. The van der Waals surface area contributed by atoms with Gasteiger partial charge in [0.05, 0.1) is 40.6 Å². The van der Waals surface area contributed by atoms with E-state index in [9.17, 15) is 4.79 Å². The van der Waals surface area contributed by atoms with Crippen molar-refractivity contribution in [2.24, 2.45) is 0 Å². The van der Waals surface area contributed by atoms with Gasteiger partial charge in [0.15, 0.2) is 5.11 Å². The molecule has 4 atom stereocenters. The summed E-state index contributed by atoms with van der Waals surface area (Å²) in [6, 6.07) is 5.27. The Morgan fingerprint density at radius 3 is 2.43 bits per heavy atom. The van der Waals surface area contributed by atoms with Crippen LogP contribution in [0.25, 0.3) is 0 Å². The van der Waals surface area contributed by atoms with Crippen LogP contribution in [0.3, 0.4) is 0 Å². The second-order valence-corrected chi connectivity index (χ2v) is 6.74. The van der Waals surface area contributed by atoms with E-state index in [1.165, 1.54) is 7.11 Å². The van der Waals surface area contributed by atoms with Crippen LogP contribution in [0.2, 0.25) is 0 Å². The fraction of sp³-hybridized carbons (Fsp3) is 0.556. The van der Waals surface area contributed by atoms with Crippen LogP contribution in [0.4, 0.5) is 5.69 Å². The predicted molar refractivity (Wildman–Crippen MR) is 104 cm³/mol. The van der Waals surface area contributed by atoms with Gasteiger partial charge in [0.1, 0.15) is 36.4 Å². The molecule has 2 saturated heterocycles. The third-order valence-corrected chi connectivity index (χ3v) is 4.80. The van der Waals surface area contributed by atoms with Crippen molar-refractivity contribution < 1.29 is 33.2 Å². The van der Waals surface area contributed by atoms with Crippen molar-refractivity contribution >= 4 is 29.0 Å². The van der Waals surface area contributed by atoms with E-state index < -0.39 is 5.97 Å². The molecule has 0 radical (unpaired) electrons. The number of thiocarbonyl (C=S) groups is 1. The van der Waals surface area contributed by atoms with Crippen molar-refractivity contribution in [1.29, 1.82) is 0 Å². The monoisotopic (exact) mass is 412 g/mol. The Labute approximate surface area is 168 Å². The molecule has 2 aliphatic heterocycles. The lowest BCUT2D eigenvalue weighted by atomic mass is 10.1. The summed E-state index contributed by atoms with van der Waals surface area (Å²) >= 11 is 5.41. The smallest absolute Gasteiger partial charge is 0.331 e. The molecule has 2 N–H and O–H groups in total. The van der Waals surface area contributed by atoms with Crippen LogP contribution in [-0.2, 0) is 23.7 Å². The van der Waals surface area contributed by atoms with Crippen molar-refractivity contribution in [3.05, 3.63) is 18.2 Å². The standard InChI is InChI=1S/C18H24N2O7S/c1-22-11-4-10(5-12(6-11)23-2)19-18(28)20-13-7-26-17-14(8-27-16(13)17)25-9-15(21)24-3/h4-6,13-14,16-17H,7-9H2,1-3H3,(H2,19,20,28)/t13-,14-,16-,17+/m1/s1. The summed E-state index contributed by atoms with van der Waals surface area (Å²) in [5, 5.41) is 6.75. The molecule has 9 nitrogen and oxygen atoms in total. The molecule has 0 bridgehead atoms. The summed E-state index contributed by atoms with van der Waals surface area (Å²) in [6.45, 7) is 0.626. The van der Waals surface area contributed by atoms with Crippen molar-refractivity contribution in [2.75, 3.05) is 46.5 Å². The molecule has 10 heteroatoms. The minimum absolute atomic E-state index is 0.132. The molecule has 0 unspecified atom stereocenters. The Balaban J connectivity index is 1.54. The molecule has 0 amide bonds. The lowest BCUT2D eigenvalue weighted by Crippen LogP contribution is -2.46. The number of anilines is 1. The van der Waals surface area contributed by atoms with Gasteiger partial charge >= 0.3 is 5.97 Å². The Bertz CT molecular complexity index is 695. The Hall–Kier alpha value is -2.14. The number of carbonyl (C=O) groups excluding carboxylic acids is 1. The third-order valence-electron chi connectivity index (χ3n) is 4.58. The minimum atomic E-state index is -0.435. The van der Waals surface area contributed by atoms with Crippen molar-refractivity contribution in [3.63, 3.8) is 0 Å². The van der Waals surface area contributed by atoms with Gasteiger partial charge in [-0.15, -0.1) is 0 Å². The van der Waals surface area contributed by atoms with Crippen LogP contribution >= 0.6 is 12.2 Å². The number of hydrogen-bond acceptors (Lipinski definition) is 8. The summed E-state index contributed by atoms with van der Waals surface area (Å²) in [6.07, 6.45) is -0.802. The number of methoxy groups -OCH3 is 3. The number of carbonyl (C=O) groups is 1. The maximum absolute atomic E-state index is 11.3. The normalized spacial score (nSPS) is 25.7. The van der Waals surface area contributed by atoms with Crippen LogP contribution in [0.1, 0.15) is 0 Å². The van der Waals surface area contributed by atoms with E-state index in [0.29, 0.717) is 29.8 Å². The van der Waals surface area contributed by atoms with Crippen LogP contribution < -0.4 is 20.1 Å². The van der Waals surface area contributed by atoms with Crippen LogP contribution in [0, 0.1) is 0 Å². The predicted octanol–water partition coefficient (Wildman–Crippen LogP) is 0.715. The highest BCUT2D eigenvalue weighted by Gasteiger charge is 2.48. The Kier molecular flexibility index (Phi) is 6.89. The zero-order chi connectivity index (χ0) is 20.1. The summed E-state index contributed by atoms with van der Waals surface area (Å²) in [4.78, 5) is 11.3. The second-order valence-electron chi connectivity index (χ2n) is 6.33. The van der Waals surface area contributed by atoms with Gasteiger partial charge in [0.2, 0.25) is 0 Å². The molecule has 2 aliphatic rings. The average molecular weight is 412 g/mol. The fourth-order valence-corrected chi connectivity index (χ4v) is 3.45. The van der Waals surface area contributed by atoms with Crippen molar-refractivity contribution in [3.8, 4) is 11.5 Å². The summed E-state index contributed by atoms with van der Waals surface area (Å²) in [7, 11) is 4.49. The van der Waals surface area contributed by atoms with E-state index in [-0.39, 0.29) is 31.0 Å². The first-order valence-corrected chi connectivity index (χ1v) is 9.17. The number of fused-ring (bicyclic) bond motifs is 1. The van der Waals surface area contributed by atoms with E-state index >= 15 is 0 Å². The van der Waals surface area contributed by atoms with Gasteiger partial charge in [-0.3, -0.25) is 0 Å². The molecule has 0 aliphatic carbocycles. The Morgan fingerprint density at radius 2 is 1.79 bits per heavy atom. The maximum atomic E-state index is 11.3. The van der Waals surface area contributed by atoms with Gasteiger partial charge in [-0.1, -0.05) is 0 Å². The molecule has 154 valence electrons. The summed E-state index contributed by atoms with van der Waals surface area (Å²) < 4.78 is 32.2. The van der Waals surface area contributed by atoms with E-state index in [1.54, 1.807) is 20.3 Å². The van der Waals surface area contributed by atoms with Crippen LogP contribution in [0.5, 0.6) is 11.5 Å². The van der Waals surface area contributed by atoms with Crippen LogP contribution in [0.15, 0.2) is 18.2 Å². The molecule has 28 heavy (non-hydrogen) atoms. The molecule has 2 heterocycles. The first-order valence-electron chi connectivity index (χ1n) is 8.76. The molecular weight excluding hydrogens is 388 g/mol. The van der Waals surface area contributed by atoms with Gasteiger partial charge in [0.25, 0.3) is 0 Å². The molecule has 0 aromatic heterocycles. The number of rotatable bonds is 7. The first kappa shape index (κ1) is 20.6. The quantitative estimate of drug-likeness (QED) is 0.492. The highest BCUT2D eigenvalue weighted by Crippen LogP contribution is 2.29. The number of nitrogens with one attached hydrogen (secondary N) is 2. The molecule has 1 aromatic carbocycles. The van der Waals surface area contributed by atoms with Gasteiger partial charge in [-0.2, -0.15) is 0 Å². The van der Waals surface area contributed by atoms with E-state index in [1.807, 2.05) is 12.1 Å². The number of esters is 1. The van der Waals surface area contributed by atoms with Gasteiger partial charge in [0, 0.05) is 23.9 Å². The molecule has 0 spiro atoms. The second kappa shape index (κ2) is 9.37. The summed E-state index contributed by atoms with van der Waals surface area (Å²) in [5.41, 5.74) is 0.732. The topological polar surface area (TPSA) is 96.5 Å². The molecule has 2 fully saturated rings. The molecular formula is C18H24N2O7S. The largest absolute Gasteiger partial charge is 0.497 e. The van der Waals surface area contributed by atoms with Crippen LogP contribution in [-0.4, -0.2) is 76.6 Å². The molecule has 3 rings (SSSR count). The van der Waals surface area contributed by atoms with E-state index in [4.69, 9.17) is 35.9 Å². The summed E-state index contributed by atoms with van der Waals surface area (Å²) in [5.74, 6) is 0.868. The van der Waals surface area contributed by atoms with Crippen molar-refractivity contribution in [2.45, 2.75) is 24.4 Å². The third kappa shape index (κ3) is 4.82. The van der Waals surface area contributed by atoms with Gasteiger partial charge in [-0.05, 0) is 12.2 Å². The van der Waals surface area contributed by atoms with Gasteiger partial charge in [-0.25, -0.2) is 4.79 Å². The molecule has 1 aromatic rings. The fourth-order valence-electron chi connectivity index (χ4n) is 3.18. The number of benzene rings is 1. The Morgan fingerprint density at radius 1 is 1.11 bits per heavy atom. The number of hydrogen-bond donors (Lipinski definition) is 2. The lowest BCUT2D eigenvalue weighted by Gasteiger charge is -2.20. The van der Waals surface area contributed by atoms with Crippen molar-refractivity contribution in [1.82, 2.24) is 5.32 Å². The lowest BCUT2D eigenvalue weighted by molar-refractivity contribution is -0.150.